The van der Waals surface area contributed by atoms with Crippen molar-refractivity contribution >= 4 is 18.1 Å². The molecule has 0 amide bonds. The van der Waals surface area contributed by atoms with Crippen LogP contribution in [0.25, 0.3) is 0 Å². The summed E-state index contributed by atoms with van der Waals surface area (Å²) in [6.07, 6.45) is 3.02. The molecule has 0 rings (SSSR count). The van der Waals surface area contributed by atoms with Crippen LogP contribution in [0.1, 0.15) is 60.8 Å². The molecular weight excluding hydrogens is 288 g/mol. The quantitative estimate of drug-likeness (QED) is 0.541. The monoisotopic (exact) mass is 322 g/mol. The van der Waals surface area contributed by atoms with E-state index < -0.39 is 18.1 Å². The highest BCUT2D eigenvalue weighted by Crippen LogP contribution is 2.22. The van der Waals surface area contributed by atoms with Gasteiger partial charge in [-0.3, -0.25) is 0 Å². The standard InChI is InChI=1S/C14H34O4Si2/c1-9-12(4)15-20(18-19(7)8,16-13(5)10-2)17-14(6)11-3/h12-14,19H,9-11H2,1-8H3. The second kappa shape index (κ2) is 10.1. The first kappa shape index (κ1) is 20.3. The predicted octanol–water partition coefficient (Wildman–Crippen LogP) is 3.87. The van der Waals surface area contributed by atoms with Crippen molar-refractivity contribution in [2.24, 2.45) is 0 Å². The topological polar surface area (TPSA) is 36.9 Å². The Balaban J connectivity index is 5.14. The van der Waals surface area contributed by atoms with Crippen LogP contribution in [0, 0.1) is 0 Å². The molecule has 0 heterocycles. The lowest BCUT2D eigenvalue weighted by Crippen LogP contribution is -2.56. The summed E-state index contributed by atoms with van der Waals surface area (Å²) in [7, 11) is -4.37. The van der Waals surface area contributed by atoms with Crippen LogP contribution < -0.4 is 0 Å². The van der Waals surface area contributed by atoms with Gasteiger partial charge in [-0.05, 0) is 53.1 Å². The fraction of sp³-hybridized carbons (Fsp3) is 1.00. The highest BCUT2D eigenvalue weighted by Gasteiger charge is 2.49. The Labute approximate surface area is 128 Å². The maximum absolute atomic E-state index is 6.17. The van der Waals surface area contributed by atoms with Gasteiger partial charge in [-0.2, -0.15) is 0 Å². The molecule has 6 heteroatoms. The van der Waals surface area contributed by atoms with E-state index in [1.165, 1.54) is 0 Å². The summed E-state index contributed by atoms with van der Waals surface area (Å²) in [6.45, 7) is 16.7. The zero-order valence-electron chi connectivity index (χ0n) is 14.6. The molecule has 4 nitrogen and oxygen atoms in total. The third-order valence-corrected chi connectivity index (χ3v) is 8.25. The maximum Gasteiger partial charge on any atom is 0.669 e. The average Bonchev–Trinajstić information content (AvgIpc) is 2.36. The molecule has 3 unspecified atom stereocenters. The van der Waals surface area contributed by atoms with E-state index in [2.05, 4.69) is 33.9 Å². The molecule has 0 radical (unpaired) electrons. The molecule has 0 spiro atoms. The molecule has 0 saturated heterocycles. The largest absolute Gasteiger partial charge is 0.669 e. The van der Waals surface area contributed by atoms with Crippen molar-refractivity contribution in [3.63, 3.8) is 0 Å². The first-order valence-corrected chi connectivity index (χ1v) is 12.4. The van der Waals surface area contributed by atoms with Gasteiger partial charge in [0.05, 0.1) is 0 Å². The SMILES string of the molecule is CCC(C)O[Si](OC(C)CC)(OC(C)CC)O[SiH](C)C. The van der Waals surface area contributed by atoms with Crippen molar-refractivity contribution in [1.29, 1.82) is 0 Å². The van der Waals surface area contributed by atoms with E-state index in [-0.39, 0.29) is 18.3 Å². The molecule has 122 valence electrons. The van der Waals surface area contributed by atoms with Gasteiger partial charge in [-0.25, -0.2) is 0 Å². The smallest absolute Gasteiger partial charge is 0.397 e. The Morgan fingerprint density at radius 3 is 1.25 bits per heavy atom. The normalized spacial score (nSPS) is 19.6. The molecule has 0 N–H and O–H groups in total. The van der Waals surface area contributed by atoms with E-state index in [1.807, 2.05) is 20.8 Å². The van der Waals surface area contributed by atoms with Gasteiger partial charge in [0, 0.05) is 18.3 Å². The Bertz CT molecular complexity index is 220. The number of hydrogen-bond donors (Lipinski definition) is 0. The van der Waals surface area contributed by atoms with Gasteiger partial charge in [-0.15, -0.1) is 0 Å². The molecule has 0 aromatic heterocycles. The van der Waals surface area contributed by atoms with Gasteiger partial charge in [0.25, 0.3) is 0 Å². The van der Waals surface area contributed by atoms with Crippen molar-refractivity contribution in [2.75, 3.05) is 0 Å². The third kappa shape index (κ3) is 7.90. The minimum Gasteiger partial charge on any atom is -0.397 e. The van der Waals surface area contributed by atoms with E-state index in [0.717, 1.165) is 19.3 Å². The molecule has 0 aliphatic rings. The van der Waals surface area contributed by atoms with Gasteiger partial charge in [0.2, 0.25) is 0 Å². The maximum atomic E-state index is 6.17. The molecule has 0 aliphatic carbocycles. The van der Waals surface area contributed by atoms with Gasteiger partial charge in [0.1, 0.15) is 0 Å². The molecule has 0 aromatic rings. The third-order valence-electron chi connectivity index (χ3n) is 3.14. The van der Waals surface area contributed by atoms with Crippen LogP contribution in [0.2, 0.25) is 13.1 Å². The molecule has 0 fully saturated rings. The molecule has 20 heavy (non-hydrogen) atoms. The zero-order valence-corrected chi connectivity index (χ0v) is 16.7. The Kier molecular flexibility index (Phi) is 10.2. The molecule has 3 atom stereocenters. The highest BCUT2D eigenvalue weighted by atomic mass is 28.4. The van der Waals surface area contributed by atoms with Crippen molar-refractivity contribution < 1.29 is 17.4 Å². The Morgan fingerprint density at radius 2 is 1.05 bits per heavy atom. The summed E-state index contributed by atoms with van der Waals surface area (Å²) >= 11 is 0. The minimum atomic E-state index is -3.05. The fourth-order valence-electron chi connectivity index (χ4n) is 1.44. The molecule has 0 aliphatic heterocycles. The molecule has 0 saturated carbocycles. The Hall–Kier alpha value is 0.274. The van der Waals surface area contributed by atoms with Gasteiger partial charge in [-0.1, -0.05) is 20.8 Å². The molecule has 0 bridgehead atoms. The Morgan fingerprint density at radius 1 is 0.750 bits per heavy atom. The minimum absolute atomic E-state index is 0.0857. The summed E-state index contributed by atoms with van der Waals surface area (Å²) in [6, 6.07) is 0. The van der Waals surface area contributed by atoms with Gasteiger partial charge >= 0.3 is 9.05 Å². The fourth-order valence-corrected chi connectivity index (χ4v) is 6.57. The second-order valence-electron chi connectivity index (χ2n) is 5.68. The lowest BCUT2D eigenvalue weighted by atomic mass is 10.3. The van der Waals surface area contributed by atoms with Gasteiger partial charge in [0.15, 0.2) is 9.04 Å². The van der Waals surface area contributed by atoms with Crippen LogP contribution in [-0.4, -0.2) is 36.4 Å². The summed E-state index contributed by atoms with van der Waals surface area (Å²) in [5, 5.41) is 0. The first-order chi connectivity index (χ1) is 9.28. The van der Waals surface area contributed by atoms with E-state index in [9.17, 15) is 0 Å². The number of rotatable bonds is 11. The molecular formula is C14H34O4Si2. The van der Waals surface area contributed by atoms with Crippen molar-refractivity contribution in [2.45, 2.75) is 92.2 Å². The van der Waals surface area contributed by atoms with Crippen LogP contribution in [0.3, 0.4) is 0 Å². The zero-order chi connectivity index (χ0) is 15.8. The van der Waals surface area contributed by atoms with Crippen LogP contribution in [0.5, 0.6) is 0 Å². The van der Waals surface area contributed by atoms with E-state index in [0.29, 0.717) is 0 Å². The van der Waals surface area contributed by atoms with Crippen molar-refractivity contribution in [3.05, 3.63) is 0 Å². The summed E-state index contributed by atoms with van der Waals surface area (Å²) in [4.78, 5) is 0. The van der Waals surface area contributed by atoms with Crippen molar-refractivity contribution in [1.82, 2.24) is 0 Å². The van der Waals surface area contributed by atoms with Crippen molar-refractivity contribution in [3.8, 4) is 0 Å². The predicted molar refractivity (Wildman–Crippen MR) is 88.2 cm³/mol. The highest BCUT2D eigenvalue weighted by molar-refractivity contribution is 6.66. The van der Waals surface area contributed by atoms with E-state index in [1.54, 1.807) is 0 Å². The average molecular weight is 323 g/mol. The lowest BCUT2D eigenvalue weighted by Gasteiger charge is -2.35. The number of hydrogen-bond acceptors (Lipinski definition) is 4. The molecule has 0 aromatic carbocycles. The van der Waals surface area contributed by atoms with E-state index >= 15 is 0 Å². The summed E-state index contributed by atoms with van der Waals surface area (Å²) < 4.78 is 24.6. The van der Waals surface area contributed by atoms with Crippen LogP contribution in [0.4, 0.5) is 0 Å². The second-order valence-corrected chi connectivity index (χ2v) is 10.4. The van der Waals surface area contributed by atoms with E-state index in [4.69, 9.17) is 17.4 Å². The summed E-state index contributed by atoms with van der Waals surface area (Å²) in [5.41, 5.74) is 0. The lowest BCUT2D eigenvalue weighted by molar-refractivity contribution is -0.0582. The van der Waals surface area contributed by atoms with Gasteiger partial charge < -0.3 is 17.4 Å². The van der Waals surface area contributed by atoms with Crippen LogP contribution in [-0.2, 0) is 17.4 Å². The van der Waals surface area contributed by atoms with Crippen LogP contribution >= 0.6 is 0 Å². The first-order valence-electron chi connectivity index (χ1n) is 7.99. The van der Waals surface area contributed by atoms with Crippen LogP contribution in [0.15, 0.2) is 0 Å². The summed E-state index contributed by atoms with van der Waals surface area (Å²) in [5.74, 6) is 0.